The molecule has 1 aromatic heterocycles. The van der Waals surface area contributed by atoms with Gasteiger partial charge in [-0.3, -0.25) is 4.79 Å². The van der Waals surface area contributed by atoms with E-state index in [4.69, 9.17) is 25.9 Å². The zero-order valence-corrected chi connectivity index (χ0v) is 9.45. The summed E-state index contributed by atoms with van der Waals surface area (Å²) in [5, 5.41) is 9.23. The van der Waals surface area contributed by atoms with Gasteiger partial charge >= 0.3 is 5.97 Å². The standard InChI is InChI=1S/C11H7ClO5/c1-16-9-4-8-5(2-6(9)12)7(13)3-10(17-8)11(14)15/h2-4H,1H3,(H,14,15). The molecule has 0 spiro atoms. The highest BCUT2D eigenvalue weighted by atomic mass is 35.5. The summed E-state index contributed by atoms with van der Waals surface area (Å²) >= 11 is 5.86. The van der Waals surface area contributed by atoms with Gasteiger partial charge in [-0.05, 0) is 6.07 Å². The van der Waals surface area contributed by atoms with Crippen LogP contribution in [0.3, 0.4) is 0 Å². The Bertz CT molecular complexity index is 659. The van der Waals surface area contributed by atoms with Gasteiger partial charge in [0.05, 0.1) is 17.5 Å². The highest BCUT2D eigenvalue weighted by molar-refractivity contribution is 6.32. The second kappa shape index (κ2) is 4.10. The predicted octanol–water partition coefficient (Wildman–Crippen LogP) is 2.15. The van der Waals surface area contributed by atoms with Gasteiger partial charge in [-0.2, -0.15) is 0 Å². The third-order valence-corrected chi connectivity index (χ3v) is 2.51. The van der Waals surface area contributed by atoms with Gasteiger partial charge in [0.2, 0.25) is 5.76 Å². The van der Waals surface area contributed by atoms with Gasteiger partial charge in [0.1, 0.15) is 11.3 Å². The number of aromatic carboxylic acids is 1. The first-order valence-corrected chi connectivity index (χ1v) is 4.95. The van der Waals surface area contributed by atoms with Crippen molar-refractivity contribution in [3.05, 3.63) is 39.2 Å². The summed E-state index contributed by atoms with van der Waals surface area (Å²) in [5.74, 6) is -1.42. The van der Waals surface area contributed by atoms with E-state index in [-0.39, 0.29) is 16.0 Å². The Morgan fingerprint density at radius 2 is 2.12 bits per heavy atom. The summed E-state index contributed by atoms with van der Waals surface area (Å²) in [6, 6.07) is 3.67. The fraction of sp³-hybridized carbons (Fsp3) is 0.0909. The molecule has 0 saturated heterocycles. The Balaban J connectivity index is 2.83. The van der Waals surface area contributed by atoms with Crippen LogP contribution in [0, 0.1) is 0 Å². The molecule has 0 aliphatic rings. The van der Waals surface area contributed by atoms with Crippen molar-refractivity contribution in [1.82, 2.24) is 0 Å². The van der Waals surface area contributed by atoms with E-state index >= 15 is 0 Å². The maximum atomic E-state index is 11.6. The number of carbonyl (C=O) groups is 1. The van der Waals surface area contributed by atoms with Crippen molar-refractivity contribution in [2.45, 2.75) is 0 Å². The Morgan fingerprint density at radius 1 is 1.41 bits per heavy atom. The average molecular weight is 255 g/mol. The van der Waals surface area contributed by atoms with Crippen molar-refractivity contribution in [3.8, 4) is 5.75 Å². The number of rotatable bonds is 2. The number of ether oxygens (including phenoxy) is 1. The lowest BCUT2D eigenvalue weighted by Gasteiger charge is -2.04. The molecule has 0 amide bonds. The van der Waals surface area contributed by atoms with Crippen LogP contribution >= 0.6 is 11.6 Å². The first kappa shape index (κ1) is 11.5. The van der Waals surface area contributed by atoms with Crippen molar-refractivity contribution in [1.29, 1.82) is 0 Å². The monoisotopic (exact) mass is 254 g/mol. The Kier molecular flexibility index (Phi) is 2.77. The SMILES string of the molecule is COc1cc2oc(C(=O)O)cc(=O)c2cc1Cl. The fourth-order valence-corrected chi connectivity index (χ4v) is 1.66. The normalized spacial score (nSPS) is 10.5. The van der Waals surface area contributed by atoms with Crippen molar-refractivity contribution >= 4 is 28.5 Å². The van der Waals surface area contributed by atoms with Crippen LogP contribution in [0.5, 0.6) is 5.75 Å². The topological polar surface area (TPSA) is 76.7 Å². The van der Waals surface area contributed by atoms with Crippen LogP contribution in [0.2, 0.25) is 5.02 Å². The van der Waals surface area contributed by atoms with Crippen LogP contribution in [0.25, 0.3) is 11.0 Å². The van der Waals surface area contributed by atoms with Gasteiger partial charge in [-0.1, -0.05) is 11.6 Å². The average Bonchev–Trinajstić information content (AvgIpc) is 2.29. The van der Waals surface area contributed by atoms with Crippen molar-refractivity contribution in [3.63, 3.8) is 0 Å². The van der Waals surface area contributed by atoms with Gasteiger partial charge in [-0.15, -0.1) is 0 Å². The van der Waals surface area contributed by atoms with Crippen LogP contribution < -0.4 is 10.2 Å². The molecular formula is C11H7ClO5. The summed E-state index contributed by atoms with van der Waals surface area (Å²) in [4.78, 5) is 22.4. The first-order valence-electron chi connectivity index (χ1n) is 4.57. The molecule has 0 unspecified atom stereocenters. The lowest BCUT2D eigenvalue weighted by molar-refractivity contribution is 0.0663. The summed E-state index contributed by atoms with van der Waals surface area (Å²) in [6.07, 6.45) is 0. The maximum Gasteiger partial charge on any atom is 0.371 e. The molecule has 0 saturated carbocycles. The molecule has 2 rings (SSSR count). The summed E-state index contributed by atoms with van der Waals surface area (Å²) in [6.45, 7) is 0. The minimum absolute atomic E-state index is 0.121. The van der Waals surface area contributed by atoms with Crippen LogP contribution in [0.1, 0.15) is 10.6 Å². The molecule has 17 heavy (non-hydrogen) atoms. The third-order valence-electron chi connectivity index (χ3n) is 2.21. The van der Waals surface area contributed by atoms with E-state index in [0.717, 1.165) is 6.07 Å². The zero-order valence-electron chi connectivity index (χ0n) is 8.69. The van der Waals surface area contributed by atoms with E-state index in [1.807, 2.05) is 0 Å². The minimum atomic E-state index is -1.31. The molecule has 2 aromatic rings. The van der Waals surface area contributed by atoms with E-state index in [9.17, 15) is 9.59 Å². The quantitative estimate of drug-likeness (QED) is 0.889. The van der Waals surface area contributed by atoms with Crippen molar-refractivity contribution in [2.75, 3.05) is 7.11 Å². The van der Waals surface area contributed by atoms with Gasteiger partial charge in [0.15, 0.2) is 5.43 Å². The van der Waals surface area contributed by atoms with Gasteiger partial charge < -0.3 is 14.3 Å². The fourth-order valence-electron chi connectivity index (χ4n) is 1.42. The summed E-state index contributed by atoms with van der Waals surface area (Å²) in [7, 11) is 1.41. The highest BCUT2D eigenvalue weighted by Gasteiger charge is 2.13. The molecule has 0 atom stereocenters. The largest absolute Gasteiger partial charge is 0.495 e. The zero-order chi connectivity index (χ0) is 12.6. The molecule has 5 nitrogen and oxygen atoms in total. The van der Waals surface area contributed by atoms with Gasteiger partial charge in [0, 0.05) is 12.1 Å². The van der Waals surface area contributed by atoms with E-state index in [0.29, 0.717) is 5.75 Å². The second-order valence-corrected chi connectivity index (χ2v) is 3.67. The van der Waals surface area contributed by atoms with Crippen LogP contribution in [0.15, 0.2) is 27.4 Å². The molecule has 1 N–H and O–H groups in total. The van der Waals surface area contributed by atoms with Crippen molar-refractivity contribution in [2.24, 2.45) is 0 Å². The highest BCUT2D eigenvalue weighted by Crippen LogP contribution is 2.28. The number of hydrogen-bond donors (Lipinski definition) is 1. The van der Waals surface area contributed by atoms with E-state index in [2.05, 4.69) is 0 Å². The van der Waals surface area contributed by atoms with Crippen LogP contribution in [0.4, 0.5) is 0 Å². The molecule has 0 bridgehead atoms. The summed E-state index contributed by atoms with van der Waals surface area (Å²) < 4.78 is 10.0. The summed E-state index contributed by atoms with van der Waals surface area (Å²) in [5.41, 5.74) is -0.343. The Hall–Kier alpha value is -2.01. The minimum Gasteiger partial charge on any atom is -0.495 e. The number of fused-ring (bicyclic) bond motifs is 1. The first-order chi connectivity index (χ1) is 8.02. The molecule has 0 aliphatic carbocycles. The van der Waals surface area contributed by atoms with Crippen LogP contribution in [-0.2, 0) is 0 Å². The number of benzene rings is 1. The Labute approximate surface area is 100 Å². The number of hydrogen-bond acceptors (Lipinski definition) is 4. The lowest BCUT2D eigenvalue weighted by atomic mass is 10.2. The van der Waals surface area contributed by atoms with Gasteiger partial charge in [0.25, 0.3) is 0 Å². The molecule has 88 valence electrons. The molecule has 0 aliphatic heterocycles. The Morgan fingerprint density at radius 3 is 2.71 bits per heavy atom. The van der Waals surface area contributed by atoms with E-state index < -0.39 is 17.2 Å². The van der Waals surface area contributed by atoms with Crippen molar-refractivity contribution < 1.29 is 19.1 Å². The van der Waals surface area contributed by atoms with E-state index in [1.54, 1.807) is 0 Å². The number of halogens is 1. The molecule has 0 fully saturated rings. The molecular weight excluding hydrogens is 248 g/mol. The molecule has 6 heteroatoms. The maximum absolute atomic E-state index is 11.6. The predicted molar refractivity (Wildman–Crippen MR) is 61.0 cm³/mol. The number of carboxylic acid groups (broad SMARTS) is 1. The molecule has 1 aromatic carbocycles. The second-order valence-electron chi connectivity index (χ2n) is 3.26. The smallest absolute Gasteiger partial charge is 0.371 e. The lowest BCUT2D eigenvalue weighted by Crippen LogP contribution is -2.06. The molecule has 0 radical (unpaired) electrons. The number of carboxylic acids is 1. The third kappa shape index (κ3) is 1.97. The molecule has 1 heterocycles. The van der Waals surface area contributed by atoms with E-state index in [1.165, 1.54) is 19.2 Å². The van der Waals surface area contributed by atoms with Gasteiger partial charge in [-0.25, -0.2) is 4.79 Å². The van der Waals surface area contributed by atoms with Crippen LogP contribution in [-0.4, -0.2) is 18.2 Å². The number of methoxy groups -OCH3 is 1.